The van der Waals surface area contributed by atoms with E-state index in [1.807, 2.05) is 12.1 Å². The van der Waals surface area contributed by atoms with Gasteiger partial charge in [0.05, 0.1) is 25.9 Å². The molecule has 0 aliphatic heterocycles. The molecule has 126 valence electrons. The molecule has 0 aliphatic rings. The number of carbonyl (C=O) groups excluding carboxylic acids is 2. The number of nitrogens with zero attached hydrogens (tertiary/aromatic N) is 2. The summed E-state index contributed by atoms with van der Waals surface area (Å²) in [5, 5.41) is 18.5. The molecule has 1 atom stereocenters. The van der Waals surface area contributed by atoms with Crippen molar-refractivity contribution in [2.75, 3.05) is 13.7 Å². The van der Waals surface area contributed by atoms with Crippen LogP contribution in [-0.4, -0.2) is 25.7 Å². The van der Waals surface area contributed by atoms with E-state index in [-0.39, 0.29) is 19.0 Å². The summed E-state index contributed by atoms with van der Waals surface area (Å²) in [5.41, 5.74) is 0.0390. The lowest BCUT2D eigenvalue weighted by Gasteiger charge is -2.28. The third kappa shape index (κ3) is 4.11. The minimum Gasteiger partial charge on any atom is -0.469 e. The van der Waals surface area contributed by atoms with Gasteiger partial charge >= 0.3 is 11.9 Å². The maximum absolute atomic E-state index is 12.4. The lowest BCUT2D eigenvalue weighted by atomic mass is 9.72. The number of aryl methyl sites for hydroxylation is 1. The average molecular weight is 328 g/mol. The SMILES string of the molecule is CCOC(=O)C(C)(c1ccc(CCC(=O)OC)cc1)C(C#N)C#N. The van der Waals surface area contributed by atoms with Gasteiger partial charge in [0, 0.05) is 6.42 Å². The van der Waals surface area contributed by atoms with Gasteiger partial charge in [-0.3, -0.25) is 9.59 Å². The quantitative estimate of drug-likeness (QED) is 0.712. The fourth-order valence-electron chi connectivity index (χ4n) is 2.34. The summed E-state index contributed by atoms with van der Waals surface area (Å²) in [5.74, 6) is -2.08. The first-order chi connectivity index (χ1) is 11.4. The molecule has 0 spiro atoms. The number of ether oxygens (including phenoxy) is 2. The van der Waals surface area contributed by atoms with Gasteiger partial charge in [-0.1, -0.05) is 24.3 Å². The maximum atomic E-state index is 12.4. The zero-order valence-corrected chi connectivity index (χ0v) is 14.0. The van der Waals surface area contributed by atoms with Gasteiger partial charge in [0.15, 0.2) is 5.92 Å². The summed E-state index contributed by atoms with van der Waals surface area (Å²) in [6.45, 7) is 3.36. The molecule has 24 heavy (non-hydrogen) atoms. The van der Waals surface area contributed by atoms with E-state index in [2.05, 4.69) is 4.74 Å². The molecule has 0 saturated heterocycles. The number of hydrogen-bond acceptors (Lipinski definition) is 6. The first kappa shape index (κ1) is 19.2. The van der Waals surface area contributed by atoms with Crippen molar-refractivity contribution in [2.45, 2.75) is 32.1 Å². The molecule has 0 bridgehead atoms. The van der Waals surface area contributed by atoms with E-state index in [1.54, 1.807) is 31.2 Å². The van der Waals surface area contributed by atoms with E-state index in [0.717, 1.165) is 5.56 Å². The second-order valence-corrected chi connectivity index (χ2v) is 5.39. The monoisotopic (exact) mass is 328 g/mol. The van der Waals surface area contributed by atoms with Crippen molar-refractivity contribution in [3.8, 4) is 12.1 Å². The van der Waals surface area contributed by atoms with E-state index in [0.29, 0.717) is 12.0 Å². The van der Waals surface area contributed by atoms with Crippen LogP contribution in [0.2, 0.25) is 0 Å². The number of rotatable bonds is 7. The number of carbonyl (C=O) groups is 2. The van der Waals surface area contributed by atoms with E-state index < -0.39 is 17.3 Å². The van der Waals surface area contributed by atoms with Crippen LogP contribution in [0, 0.1) is 28.6 Å². The van der Waals surface area contributed by atoms with Gasteiger partial charge in [-0.25, -0.2) is 0 Å². The van der Waals surface area contributed by atoms with Crippen molar-refractivity contribution < 1.29 is 19.1 Å². The standard InChI is InChI=1S/C18H20N2O4/c1-4-24-17(22)18(2,15(11-19)12-20)14-8-5-13(6-9-14)7-10-16(21)23-3/h5-6,8-9,15H,4,7,10H2,1-3H3. The van der Waals surface area contributed by atoms with Crippen molar-refractivity contribution in [3.63, 3.8) is 0 Å². The lowest BCUT2D eigenvalue weighted by molar-refractivity contribution is -0.150. The second kappa shape index (κ2) is 8.69. The normalized spacial score (nSPS) is 12.6. The molecule has 0 amide bonds. The van der Waals surface area contributed by atoms with E-state index in [9.17, 15) is 20.1 Å². The van der Waals surface area contributed by atoms with Crippen molar-refractivity contribution >= 4 is 11.9 Å². The Morgan fingerprint density at radius 2 is 1.79 bits per heavy atom. The van der Waals surface area contributed by atoms with Gasteiger partial charge in [0.25, 0.3) is 0 Å². The topological polar surface area (TPSA) is 100 Å². The molecule has 1 aromatic rings. The van der Waals surface area contributed by atoms with Crippen LogP contribution in [-0.2, 0) is 30.9 Å². The van der Waals surface area contributed by atoms with Crippen LogP contribution in [0.4, 0.5) is 0 Å². The molecule has 1 rings (SSSR count). The molecular weight excluding hydrogens is 308 g/mol. The Morgan fingerprint density at radius 1 is 1.21 bits per heavy atom. The minimum atomic E-state index is -1.37. The van der Waals surface area contributed by atoms with Crippen LogP contribution >= 0.6 is 0 Å². The summed E-state index contributed by atoms with van der Waals surface area (Å²) in [6.07, 6.45) is 0.757. The Bertz CT molecular complexity index is 656. The Kier molecular flexibility index (Phi) is 6.95. The highest BCUT2D eigenvalue weighted by atomic mass is 16.5. The molecule has 0 radical (unpaired) electrons. The van der Waals surface area contributed by atoms with Gasteiger partial charge in [-0.15, -0.1) is 0 Å². The molecular formula is C18H20N2O4. The number of hydrogen-bond donors (Lipinski definition) is 0. The van der Waals surface area contributed by atoms with Crippen LogP contribution in [0.15, 0.2) is 24.3 Å². The van der Waals surface area contributed by atoms with Crippen molar-refractivity contribution in [2.24, 2.45) is 5.92 Å². The maximum Gasteiger partial charge on any atom is 0.318 e. The molecule has 6 heteroatoms. The predicted octanol–water partition coefficient (Wildman–Crippen LogP) is 2.28. The third-order valence-electron chi connectivity index (χ3n) is 3.93. The summed E-state index contributed by atoms with van der Waals surface area (Å²) in [7, 11) is 1.33. The zero-order valence-electron chi connectivity index (χ0n) is 14.0. The molecule has 0 aromatic heterocycles. The summed E-state index contributed by atoms with van der Waals surface area (Å²) >= 11 is 0. The fraction of sp³-hybridized carbons (Fsp3) is 0.444. The molecule has 0 aliphatic carbocycles. The van der Waals surface area contributed by atoms with Gasteiger partial charge in [0.1, 0.15) is 5.41 Å². The Morgan fingerprint density at radius 3 is 2.25 bits per heavy atom. The van der Waals surface area contributed by atoms with Crippen molar-refractivity contribution in [1.29, 1.82) is 10.5 Å². The number of methoxy groups -OCH3 is 1. The highest BCUT2D eigenvalue weighted by molar-refractivity contribution is 5.84. The summed E-state index contributed by atoms with van der Waals surface area (Å²) < 4.78 is 9.66. The van der Waals surface area contributed by atoms with Crippen molar-refractivity contribution in [3.05, 3.63) is 35.4 Å². The molecule has 0 N–H and O–H groups in total. The lowest BCUT2D eigenvalue weighted by Crippen LogP contribution is -2.40. The van der Waals surface area contributed by atoms with Crippen LogP contribution in [0.25, 0.3) is 0 Å². The Labute approximate surface area is 141 Å². The highest BCUT2D eigenvalue weighted by Gasteiger charge is 2.45. The third-order valence-corrected chi connectivity index (χ3v) is 3.93. The predicted molar refractivity (Wildman–Crippen MR) is 85.5 cm³/mol. The van der Waals surface area contributed by atoms with Gasteiger partial charge < -0.3 is 9.47 Å². The van der Waals surface area contributed by atoms with Crippen LogP contribution in [0.5, 0.6) is 0 Å². The molecule has 1 aromatic carbocycles. The first-order valence-corrected chi connectivity index (χ1v) is 7.56. The molecule has 0 fully saturated rings. The molecule has 0 saturated carbocycles. The highest BCUT2D eigenvalue weighted by Crippen LogP contribution is 2.33. The Hall–Kier alpha value is -2.86. The summed E-state index contributed by atoms with van der Waals surface area (Å²) in [4.78, 5) is 23.6. The van der Waals surface area contributed by atoms with E-state index in [4.69, 9.17) is 4.74 Å². The van der Waals surface area contributed by atoms with E-state index >= 15 is 0 Å². The first-order valence-electron chi connectivity index (χ1n) is 7.56. The number of esters is 2. The van der Waals surface area contributed by atoms with Crippen LogP contribution in [0.3, 0.4) is 0 Å². The summed E-state index contributed by atoms with van der Waals surface area (Å²) in [6, 6.07) is 10.6. The minimum absolute atomic E-state index is 0.162. The second-order valence-electron chi connectivity index (χ2n) is 5.39. The fourth-order valence-corrected chi connectivity index (χ4v) is 2.34. The molecule has 1 unspecified atom stereocenters. The number of benzene rings is 1. The largest absolute Gasteiger partial charge is 0.469 e. The zero-order chi connectivity index (χ0) is 18.2. The number of nitriles is 2. The molecule has 6 nitrogen and oxygen atoms in total. The van der Waals surface area contributed by atoms with Gasteiger partial charge in [0.2, 0.25) is 0 Å². The van der Waals surface area contributed by atoms with Gasteiger partial charge in [-0.05, 0) is 31.4 Å². The van der Waals surface area contributed by atoms with Crippen LogP contribution in [0.1, 0.15) is 31.4 Å². The van der Waals surface area contributed by atoms with Gasteiger partial charge in [-0.2, -0.15) is 10.5 Å². The molecule has 0 heterocycles. The van der Waals surface area contributed by atoms with Crippen LogP contribution < -0.4 is 0 Å². The van der Waals surface area contributed by atoms with Crippen molar-refractivity contribution in [1.82, 2.24) is 0 Å². The average Bonchev–Trinajstić information content (AvgIpc) is 2.60. The Balaban J connectivity index is 3.12. The van der Waals surface area contributed by atoms with E-state index in [1.165, 1.54) is 14.0 Å². The smallest absolute Gasteiger partial charge is 0.318 e.